The predicted octanol–water partition coefficient (Wildman–Crippen LogP) is 6.25. The maximum absolute atomic E-state index is 13.6. The van der Waals surface area contributed by atoms with Gasteiger partial charge in [-0.05, 0) is 97.1 Å². The SMILES string of the molecule is O=C(CN(c1ccc(Oc2ccccc2)cc1)S(=O)(=O)c1ccccc1)Nc1ccc(S(=O)(=O)Nc2ccc(F)cc2)cc1. The van der Waals surface area contributed by atoms with Gasteiger partial charge in [0.15, 0.2) is 0 Å². The Bertz CT molecular complexity index is 1940. The highest BCUT2D eigenvalue weighted by Crippen LogP contribution is 2.28. The fourth-order valence-corrected chi connectivity index (χ4v) is 6.62. The van der Waals surface area contributed by atoms with Crippen LogP contribution in [0.2, 0.25) is 0 Å². The lowest BCUT2D eigenvalue weighted by atomic mass is 10.3. The first-order valence-electron chi connectivity index (χ1n) is 13.2. The molecule has 0 saturated heterocycles. The minimum Gasteiger partial charge on any atom is -0.457 e. The third kappa shape index (κ3) is 7.41. The Labute approximate surface area is 254 Å². The zero-order valence-corrected chi connectivity index (χ0v) is 24.6. The topological polar surface area (TPSA) is 122 Å². The molecule has 0 saturated carbocycles. The Morgan fingerprint density at radius 3 is 1.80 bits per heavy atom. The van der Waals surface area contributed by atoms with Crippen molar-refractivity contribution in [2.75, 3.05) is 20.9 Å². The van der Waals surface area contributed by atoms with Crippen LogP contribution in [-0.4, -0.2) is 29.3 Å². The van der Waals surface area contributed by atoms with E-state index in [0.717, 1.165) is 16.4 Å². The third-order valence-corrected chi connectivity index (χ3v) is 9.45. The van der Waals surface area contributed by atoms with Crippen molar-refractivity contribution in [3.05, 3.63) is 139 Å². The minimum atomic E-state index is -4.15. The van der Waals surface area contributed by atoms with Gasteiger partial charge < -0.3 is 10.1 Å². The van der Waals surface area contributed by atoms with Crippen molar-refractivity contribution in [1.82, 2.24) is 0 Å². The van der Waals surface area contributed by atoms with E-state index in [9.17, 15) is 26.0 Å². The standard InChI is InChI=1S/C32H26FN3O6S2/c33-24-11-13-26(14-12-24)35-43(38,39)30-21-15-25(16-22-30)34-32(37)23-36(44(40,41)31-9-5-2-6-10-31)27-17-19-29(20-18-27)42-28-7-3-1-4-8-28/h1-22,35H,23H2,(H,34,37). The number of nitrogens with zero attached hydrogens (tertiary/aromatic N) is 1. The number of hydrogen-bond acceptors (Lipinski definition) is 6. The number of anilines is 3. The lowest BCUT2D eigenvalue weighted by molar-refractivity contribution is -0.114. The fourth-order valence-electron chi connectivity index (χ4n) is 4.12. The number of ether oxygens (including phenoxy) is 1. The van der Waals surface area contributed by atoms with Gasteiger partial charge in [0.2, 0.25) is 5.91 Å². The van der Waals surface area contributed by atoms with Crippen molar-refractivity contribution in [2.24, 2.45) is 0 Å². The third-order valence-electron chi connectivity index (χ3n) is 6.27. The highest BCUT2D eigenvalue weighted by atomic mass is 32.2. The molecular formula is C32H26FN3O6S2. The summed E-state index contributed by atoms with van der Waals surface area (Å²) >= 11 is 0. The van der Waals surface area contributed by atoms with E-state index in [-0.39, 0.29) is 26.9 Å². The molecule has 2 N–H and O–H groups in total. The van der Waals surface area contributed by atoms with Crippen molar-refractivity contribution < 1.29 is 30.8 Å². The Morgan fingerprint density at radius 1 is 0.636 bits per heavy atom. The molecule has 224 valence electrons. The predicted molar refractivity (Wildman–Crippen MR) is 166 cm³/mol. The fraction of sp³-hybridized carbons (Fsp3) is 0.0312. The Balaban J connectivity index is 1.33. The summed E-state index contributed by atoms with van der Waals surface area (Å²) in [6.45, 7) is -0.567. The molecule has 5 aromatic carbocycles. The van der Waals surface area contributed by atoms with Gasteiger partial charge in [-0.3, -0.25) is 13.8 Å². The van der Waals surface area contributed by atoms with Crippen LogP contribution in [0.4, 0.5) is 21.5 Å². The first-order valence-corrected chi connectivity index (χ1v) is 16.1. The number of amides is 1. The number of carbonyl (C=O) groups excluding carboxylic acids is 1. The molecule has 0 aliphatic carbocycles. The molecule has 12 heteroatoms. The van der Waals surface area contributed by atoms with Crippen molar-refractivity contribution >= 4 is 43.0 Å². The van der Waals surface area contributed by atoms with E-state index >= 15 is 0 Å². The van der Waals surface area contributed by atoms with Crippen LogP contribution in [0.5, 0.6) is 11.5 Å². The largest absolute Gasteiger partial charge is 0.457 e. The first-order chi connectivity index (χ1) is 21.1. The zero-order valence-electron chi connectivity index (χ0n) is 23.0. The highest BCUT2D eigenvalue weighted by Gasteiger charge is 2.27. The Morgan fingerprint density at radius 2 is 1.18 bits per heavy atom. The van der Waals surface area contributed by atoms with E-state index < -0.39 is 38.3 Å². The molecule has 5 rings (SSSR count). The molecule has 0 fully saturated rings. The molecule has 0 aliphatic heterocycles. The smallest absolute Gasteiger partial charge is 0.264 e. The number of rotatable bonds is 11. The number of carbonyl (C=O) groups is 1. The van der Waals surface area contributed by atoms with Gasteiger partial charge >= 0.3 is 0 Å². The van der Waals surface area contributed by atoms with Gasteiger partial charge in [-0.25, -0.2) is 21.2 Å². The van der Waals surface area contributed by atoms with Gasteiger partial charge in [0, 0.05) is 11.4 Å². The monoisotopic (exact) mass is 631 g/mol. The second-order valence-corrected chi connectivity index (χ2v) is 13.0. The average Bonchev–Trinajstić information content (AvgIpc) is 3.02. The first kappa shape index (κ1) is 30.3. The molecular weight excluding hydrogens is 605 g/mol. The molecule has 1 amide bonds. The molecule has 44 heavy (non-hydrogen) atoms. The molecule has 0 aromatic heterocycles. The van der Waals surface area contributed by atoms with Crippen molar-refractivity contribution in [1.29, 1.82) is 0 Å². The molecule has 0 radical (unpaired) electrons. The minimum absolute atomic E-state index is 0.000580. The molecule has 9 nitrogen and oxygen atoms in total. The van der Waals surface area contributed by atoms with E-state index in [1.807, 2.05) is 18.2 Å². The number of sulfonamides is 2. The number of hydrogen-bond donors (Lipinski definition) is 2. The van der Waals surface area contributed by atoms with Crippen LogP contribution < -0.4 is 19.1 Å². The van der Waals surface area contributed by atoms with Crippen molar-refractivity contribution in [2.45, 2.75) is 9.79 Å². The average molecular weight is 632 g/mol. The van der Waals surface area contributed by atoms with Crippen LogP contribution in [-0.2, 0) is 24.8 Å². The lowest BCUT2D eigenvalue weighted by Gasteiger charge is -2.24. The lowest BCUT2D eigenvalue weighted by Crippen LogP contribution is -2.38. The molecule has 0 unspecified atom stereocenters. The number of benzene rings is 5. The van der Waals surface area contributed by atoms with Gasteiger partial charge in [-0.1, -0.05) is 36.4 Å². The van der Waals surface area contributed by atoms with Crippen LogP contribution in [0.15, 0.2) is 143 Å². The Hall–Kier alpha value is -5.20. The van der Waals surface area contributed by atoms with E-state index in [1.165, 1.54) is 48.5 Å². The summed E-state index contributed by atoms with van der Waals surface area (Å²) in [5.41, 5.74) is 0.667. The van der Waals surface area contributed by atoms with E-state index in [4.69, 9.17) is 4.74 Å². The van der Waals surface area contributed by atoms with E-state index in [1.54, 1.807) is 54.6 Å². The van der Waals surface area contributed by atoms with Crippen LogP contribution in [0.1, 0.15) is 0 Å². The molecule has 0 heterocycles. The molecule has 5 aromatic rings. The maximum Gasteiger partial charge on any atom is 0.264 e. The summed E-state index contributed by atoms with van der Waals surface area (Å²) < 4.78 is 75.0. The second kappa shape index (κ2) is 13.0. The van der Waals surface area contributed by atoms with E-state index in [2.05, 4.69) is 10.0 Å². The number of nitrogens with one attached hydrogen (secondary N) is 2. The summed E-state index contributed by atoms with van der Waals surface area (Å²) in [4.78, 5) is 13.0. The summed E-state index contributed by atoms with van der Waals surface area (Å²) in [7, 11) is -8.13. The maximum atomic E-state index is 13.6. The van der Waals surface area contributed by atoms with Crippen molar-refractivity contribution in [3.63, 3.8) is 0 Å². The Kier molecular flexibility index (Phi) is 8.93. The molecule has 0 atom stereocenters. The van der Waals surface area contributed by atoms with E-state index in [0.29, 0.717) is 11.5 Å². The summed E-state index contributed by atoms with van der Waals surface area (Å²) in [5.74, 6) is -0.0738. The van der Waals surface area contributed by atoms with Gasteiger partial charge in [0.05, 0.1) is 15.5 Å². The summed E-state index contributed by atoms with van der Waals surface area (Å²) in [6, 6.07) is 33.3. The summed E-state index contributed by atoms with van der Waals surface area (Å²) in [6.07, 6.45) is 0. The van der Waals surface area contributed by atoms with Gasteiger partial charge in [-0.2, -0.15) is 0 Å². The zero-order chi connectivity index (χ0) is 31.2. The number of halogens is 1. The van der Waals surface area contributed by atoms with Gasteiger partial charge in [-0.15, -0.1) is 0 Å². The normalized spacial score (nSPS) is 11.4. The highest BCUT2D eigenvalue weighted by molar-refractivity contribution is 7.93. The van der Waals surface area contributed by atoms with Crippen LogP contribution in [0.25, 0.3) is 0 Å². The van der Waals surface area contributed by atoms with Gasteiger partial charge in [0.25, 0.3) is 20.0 Å². The molecule has 0 spiro atoms. The number of para-hydroxylation sites is 1. The summed E-state index contributed by atoms with van der Waals surface area (Å²) in [5, 5.41) is 2.62. The quantitative estimate of drug-likeness (QED) is 0.178. The van der Waals surface area contributed by atoms with Crippen LogP contribution in [0, 0.1) is 5.82 Å². The van der Waals surface area contributed by atoms with Crippen LogP contribution >= 0.6 is 0 Å². The molecule has 0 aliphatic rings. The van der Waals surface area contributed by atoms with Gasteiger partial charge in [0.1, 0.15) is 23.9 Å². The van der Waals surface area contributed by atoms with Crippen LogP contribution in [0.3, 0.4) is 0 Å². The van der Waals surface area contributed by atoms with Crippen molar-refractivity contribution in [3.8, 4) is 11.5 Å². The molecule has 0 bridgehead atoms. The second-order valence-electron chi connectivity index (χ2n) is 9.42.